The highest BCUT2D eigenvalue weighted by Gasteiger charge is 2.39. The SMILES string of the molecule is CCC1(C(Cl)c2ccc3c(c2)CCC3)CCCC1. The van der Waals surface area contributed by atoms with Crippen LogP contribution in [0.25, 0.3) is 0 Å². The summed E-state index contributed by atoms with van der Waals surface area (Å²) >= 11 is 6.87. The van der Waals surface area contributed by atoms with Crippen molar-refractivity contribution in [3.63, 3.8) is 0 Å². The van der Waals surface area contributed by atoms with Gasteiger partial charge in [-0.2, -0.15) is 0 Å². The lowest BCUT2D eigenvalue weighted by Gasteiger charge is -2.33. The van der Waals surface area contributed by atoms with Crippen molar-refractivity contribution < 1.29 is 0 Å². The molecule has 1 atom stereocenters. The molecule has 0 saturated heterocycles. The monoisotopic (exact) mass is 262 g/mol. The zero-order chi connectivity index (χ0) is 12.6. The van der Waals surface area contributed by atoms with E-state index >= 15 is 0 Å². The average Bonchev–Trinajstić information content (AvgIpc) is 3.06. The second-order valence-corrected chi connectivity index (χ2v) is 6.60. The fourth-order valence-corrected chi connectivity index (χ4v) is 4.48. The Kier molecular flexibility index (Phi) is 3.40. The minimum absolute atomic E-state index is 0.218. The quantitative estimate of drug-likeness (QED) is 0.638. The van der Waals surface area contributed by atoms with Crippen LogP contribution in [0, 0.1) is 5.41 Å². The minimum atomic E-state index is 0.218. The first-order valence-corrected chi connectivity index (χ1v) is 7.94. The lowest BCUT2D eigenvalue weighted by Crippen LogP contribution is -2.21. The molecule has 18 heavy (non-hydrogen) atoms. The van der Waals surface area contributed by atoms with Crippen molar-refractivity contribution in [1.82, 2.24) is 0 Å². The van der Waals surface area contributed by atoms with Gasteiger partial charge in [0.1, 0.15) is 0 Å². The van der Waals surface area contributed by atoms with Gasteiger partial charge in [0.25, 0.3) is 0 Å². The highest BCUT2D eigenvalue weighted by molar-refractivity contribution is 6.21. The molecule has 2 aliphatic rings. The van der Waals surface area contributed by atoms with Crippen LogP contribution in [-0.2, 0) is 12.8 Å². The number of halogens is 1. The summed E-state index contributed by atoms with van der Waals surface area (Å²) in [7, 11) is 0. The van der Waals surface area contributed by atoms with E-state index in [1.807, 2.05) is 0 Å². The van der Waals surface area contributed by atoms with Crippen molar-refractivity contribution in [2.24, 2.45) is 5.41 Å². The minimum Gasteiger partial charge on any atom is -0.117 e. The van der Waals surface area contributed by atoms with Crippen molar-refractivity contribution in [3.05, 3.63) is 34.9 Å². The molecule has 0 N–H and O–H groups in total. The number of rotatable bonds is 3. The predicted octanol–water partition coefficient (Wildman–Crippen LogP) is 5.43. The van der Waals surface area contributed by atoms with Gasteiger partial charge in [-0.1, -0.05) is 38.0 Å². The Labute approximate surface area is 116 Å². The largest absolute Gasteiger partial charge is 0.117 e. The topological polar surface area (TPSA) is 0 Å². The highest BCUT2D eigenvalue weighted by Crippen LogP contribution is 2.53. The molecule has 0 nitrogen and oxygen atoms in total. The van der Waals surface area contributed by atoms with E-state index in [9.17, 15) is 0 Å². The molecule has 1 unspecified atom stereocenters. The van der Waals surface area contributed by atoms with Crippen molar-refractivity contribution in [3.8, 4) is 0 Å². The third-order valence-corrected chi connectivity index (χ3v) is 5.97. The number of alkyl halides is 1. The molecule has 0 spiro atoms. The standard InChI is InChI=1S/C17H23Cl/c1-2-17(10-3-4-11-17)16(18)15-9-8-13-6-5-7-14(13)12-15/h8-9,12,16H,2-7,10-11H2,1H3. The van der Waals surface area contributed by atoms with Crippen LogP contribution in [0.4, 0.5) is 0 Å². The number of hydrogen-bond acceptors (Lipinski definition) is 0. The van der Waals surface area contributed by atoms with Gasteiger partial charge in [0.05, 0.1) is 5.38 Å². The van der Waals surface area contributed by atoms with E-state index in [1.54, 1.807) is 11.1 Å². The molecule has 0 aromatic heterocycles. The Morgan fingerprint density at radius 1 is 1.11 bits per heavy atom. The first-order chi connectivity index (χ1) is 8.75. The van der Waals surface area contributed by atoms with E-state index in [-0.39, 0.29) is 5.38 Å². The second kappa shape index (κ2) is 4.89. The Morgan fingerprint density at radius 3 is 2.56 bits per heavy atom. The van der Waals surface area contributed by atoms with Crippen molar-refractivity contribution in [2.45, 2.75) is 63.7 Å². The third kappa shape index (κ3) is 1.99. The summed E-state index contributed by atoms with van der Waals surface area (Å²) in [4.78, 5) is 0. The fraction of sp³-hybridized carbons (Fsp3) is 0.647. The first-order valence-electron chi connectivity index (χ1n) is 7.51. The van der Waals surface area contributed by atoms with Gasteiger partial charge >= 0.3 is 0 Å². The number of hydrogen-bond donors (Lipinski definition) is 0. The molecule has 0 aliphatic heterocycles. The molecule has 0 amide bonds. The zero-order valence-electron chi connectivity index (χ0n) is 11.3. The maximum atomic E-state index is 6.87. The smallest absolute Gasteiger partial charge is 0.0641 e. The van der Waals surface area contributed by atoms with Gasteiger partial charge in [-0.3, -0.25) is 0 Å². The molecule has 0 bridgehead atoms. The summed E-state index contributed by atoms with van der Waals surface area (Å²) < 4.78 is 0. The van der Waals surface area contributed by atoms with Crippen LogP contribution in [0.15, 0.2) is 18.2 Å². The molecular weight excluding hydrogens is 240 g/mol. The predicted molar refractivity (Wildman–Crippen MR) is 78.3 cm³/mol. The third-order valence-electron chi connectivity index (χ3n) is 5.26. The Morgan fingerprint density at radius 2 is 1.83 bits per heavy atom. The van der Waals surface area contributed by atoms with E-state index in [0.717, 1.165) is 0 Å². The molecule has 2 aliphatic carbocycles. The van der Waals surface area contributed by atoms with Crippen LogP contribution in [0.5, 0.6) is 0 Å². The van der Waals surface area contributed by atoms with Crippen LogP contribution in [0.1, 0.15) is 67.5 Å². The van der Waals surface area contributed by atoms with Gasteiger partial charge in [-0.05, 0) is 60.6 Å². The molecule has 1 aromatic rings. The first kappa shape index (κ1) is 12.5. The van der Waals surface area contributed by atoms with E-state index in [0.29, 0.717) is 5.41 Å². The lowest BCUT2D eigenvalue weighted by molar-refractivity contribution is 0.271. The second-order valence-electron chi connectivity index (χ2n) is 6.17. The highest BCUT2D eigenvalue weighted by atomic mass is 35.5. The molecular formula is C17H23Cl. The molecule has 0 heterocycles. The van der Waals surface area contributed by atoms with Crippen LogP contribution in [0.3, 0.4) is 0 Å². The summed E-state index contributed by atoms with van der Waals surface area (Å²) in [5.74, 6) is 0. The number of benzene rings is 1. The summed E-state index contributed by atoms with van der Waals surface area (Å²) in [5.41, 5.74) is 4.86. The maximum Gasteiger partial charge on any atom is 0.0641 e. The van der Waals surface area contributed by atoms with E-state index in [2.05, 4.69) is 25.1 Å². The van der Waals surface area contributed by atoms with Crippen LogP contribution in [-0.4, -0.2) is 0 Å². The Bertz CT molecular complexity index is 429. The number of aryl methyl sites for hydroxylation is 2. The average molecular weight is 263 g/mol. The summed E-state index contributed by atoms with van der Waals surface area (Å²) in [6.07, 6.45) is 10.4. The van der Waals surface area contributed by atoms with Crippen molar-refractivity contribution in [2.75, 3.05) is 0 Å². The van der Waals surface area contributed by atoms with Gasteiger partial charge in [-0.25, -0.2) is 0 Å². The number of fused-ring (bicyclic) bond motifs is 1. The fourth-order valence-electron chi connectivity index (χ4n) is 3.97. The van der Waals surface area contributed by atoms with Gasteiger partial charge in [0, 0.05) is 0 Å². The molecule has 1 fully saturated rings. The summed E-state index contributed by atoms with van der Waals surface area (Å²) in [5, 5.41) is 0.218. The molecule has 0 radical (unpaired) electrons. The summed E-state index contributed by atoms with van der Waals surface area (Å²) in [6.45, 7) is 2.31. The van der Waals surface area contributed by atoms with E-state index in [4.69, 9.17) is 11.6 Å². The van der Waals surface area contributed by atoms with Crippen LogP contribution in [0.2, 0.25) is 0 Å². The van der Waals surface area contributed by atoms with E-state index < -0.39 is 0 Å². The van der Waals surface area contributed by atoms with Crippen molar-refractivity contribution in [1.29, 1.82) is 0 Å². The Balaban J connectivity index is 1.89. The van der Waals surface area contributed by atoms with Gasteiger partial charge in [-0.15, -0.1) is 11.6 Å². The van der Waals surface area contributed by atoms with E-state index in [1.165, 1.54) is 56.9 Å². The zero-order valence-corrected chi connectivity index (χ0v) is 12.1. The molecule has 3 rings (SSSR count). The van der Waals surface area contributed by atoms with Crippen LogP contribution >= 0.6 is 11.6 Å². The molecule has 1 saturated carbocycles. The van der Waals surface area contributed by atoms with Gasteiger partial charge < -0.3 is 0 Å². The van der Waals surface area contributed by atoms with Crippen LogP contribution < -0.4 is 0 Å². The van der Waals surface area contributed by atoms with Gasteiger partial charge in [0.2, 0.25) is 0 Å². The summed E-state index contributed by atoms with van der Waals surface area (Å²) in [6, 6.07) is 7.01. The molecule has 98 valence electrons. The molecule has 1 heteroatoms. The van der Waals surface area contributed by atoms with Crippen molar-refractivity contribution >= 4 is 11.6 Å². The Hall–Kier alpha value is -0.490. The maximum absolute atomic E-state index is 6.87. The molecule has 1 aromatic carbocycles. The normalized spacial score (nSPS) is 23.0. The lowest BCUT2D eigenvalue weighted by atomic mass is 9.77. The van der Waals surface area contributed by atoms with Gasteiger partial charge in [0.15, 0.2) is 0 Å².